The van der Waals surface area contributed by atoms with Gasteiger partial charge in [0.1, 0.15) is 0 Å². The zero-order valence-electron chi connectivity index (χ0n) is 12.2. The molecule has 0 saturated heterocycles. The van der Waals surface area contributed by atoms with Gasteiger partial charge in [0.15, 0.2) is 21.5 Å². The van der Waals surface area contributed by atoms with Crippen LogP contribution < -0.4 is 4.31 Å². The third-order valence-electron chi connectivity index (χ3n) is 3.16. The van der Waals surface area contributed by atoms with E-state index in [1.165, 1.54) is 18.2 Å². The van der Waals surface area contributed by atoms with Gasteiger partial charge in [-0.15, -0.1) is 0 Å². The normalized spacial score (nSPS) is 12.2. The zero-order valence-corrected chi connectivity index (χ0v) is 13.8. The smallest absolute Gasteiger partial charge is 0.264 e. The Labute approximate surface area is 133 Å². The van der Waals surface area contributed by atoms with Crippen molar-refractivity contribution in [1.29, 1.82) is 0 Å². The Kier molecular flexibility index (Phi) is 4.45. The molecule has 23 heavy (non-hydrogen) atoms. The van der Waals surface area contributed by atoms with Crippen LogP contribution in [0, 0.1) is 11.6 Å². The first-order valence-electron chi connectivity index (χ1n) is 6.27. The quantitative estimate of drug-likeness (QED) is 0.837. The molecule has 0 amide bonds. The van der Waals surface area contributed by atoms with E-state index < -0.39 is 31.5 Å². The van der Waals surface area contributed by atoms with Gasteiger partial charge >= 0.3 is 0 Å². The first-order valence-corrected chi connectivity index (χ1v) is 9.61. The zero-order chi connectivity index (χ0) is 17.4. The van der Waals surface area contributed by atoms with Crippen LogP contribution in [0.1, 0.15) is 0 Å². The Bertz CT molecular complexity index is 956. The lowest BCUT2D eigenvalue weighted by Crippen LogP contribution is -2.26. The molecule has 0 spiro atoms. The largest absolute Gasteiger partial charge is 0.269 e. The summed E-state index contributed by atoms with van der Waals surface area (Å²) < 4.78 is 75.1. The molecule has 2 rings (SSSR count). The number of hydrogen-bond donors (Lipinski definition) is 0. The summed E-state index contributed by atoms with van der Waals surface area (Å²) in [6.45, 7) is 0. The molecule has 2 aromatic carbocycles. The number of benzene rings is 2. The predicted molar refractivity (Wildman–Crippen MR) is 81.5 cm³/mol. The standard InChI is InChI=1S/C14H13F2NO4S2/c1-17(10-6-7-13(15)14(16)8-10)23(20,21)12-5-3-4-11(9-12)22(2,18)19/h3-9H,1-2H3. The van der Waals surface area contributed by atoms with Gasteiger partial charge in [0.25, 0.3) is 10.0 Å². The highest BCUT2D eigenvalue weighted by Gasteiger charge is 2.23. The molecule has 0 aliphatic heterocycles. The van der Waals surface area contributed by atoms with Gasteiger partial charge in [-0.05, 0) is 30.3 Å². The number of rotatable bonds is 4. The summed E-state index contributed by atoms with van der Waals surface area (Å²) in [7, 11) is -6.54. The molecule has 0 atom stereocenters. The molecular formula is C14H13F2NO4S2. The summed E-state index contributed by atoms with van der Waals surface area (Å²) in [5, 5.41) is 0. The maximum absolute atomic E-state index is 13.3. The van der Waals surface area contributed by atoms with Crippen molar-refractivity contribution in [3.05, 3.63) is 54.1 Å². The molecule has 124 valence electrons. The fraction of sp³-hybridized carbons (Fsp3) is 0.143. The number of nitrogens with zero attached hydrogens (tertiary/aromatic N) is 1. The number of halogens is 2. The molecule has 0 bridgehead atoms. The van der Waals surface area contributed by atoms with E-state index >= 15 is 0 Å². The van der Waals surface area contributed by atoms with Gasteiger partial charge in [-0.3, -0.25) is 4.31 Å². The van der Waals surface area contributed by atoms with Gasteiger partial charge in [0.2, 0.25) is 0 Å². The summed E-state index contributed by atoms with van der Waals surface area (Å²) in [6.07, 6.45) is 0.956. The first kappa shape index (κ1) is 17.4. The lowest BCUT2D eigenvalue weighted by atomic mass is 10.3. The third-order valence-corrected chi connectivity index (χ3v) is 6.05. The summed E-state index contributed by atoms with van der Waals surface area (Å²) in [5.41, 5.74) is -0.0892. The Morgan fingerprint density at radius 3 is 2.04 bits per heavy atom. The van der Waals surface area contributed by atoms with E-state index in [2.05, 4.69) is 0 Å². The Morgan fingerprint density at radius 2 is 1.48 bits per heavy atom. The molecule has 0 aliphatic rings. The number of sulfone groups is 1. The highest BCUT2D eigenvalue weighted by molar-refractivity contribution is 7.93. The van der Waals surface area contributed by atoms with E-state index in [0.717, 1.165) is 41.9 Å². The van der Waals surface area contributed by atoms with Gasteiger partial charge in [-0.1, -0.05) is 6.07 Å². The van der Waals surface area contributed by atoms with Gasteiger partial charge in [0.05, 0.1) is 15.5 Å². The summed E-state index contributed by atoms with van der Waals surface area (Å²) in [4.78, 5) is -0.426. The van der Waals surface area contributed by atoms with Crippen molar-refractivity contribution in [1.82, 2.24) is 0 Å². The second-order valence-electron chi connectivity index (χ2n) is 4.82. The average molecular weight is 361 g/mol. The van der Waals surface area contributed by atoms with Gasteiger partial charge < -0.3 is 0 Å². The minimum Gasteiger partial charge on any atom is -0.269 e. The average Bonchev–Trinajstić information content (AvgIpc) is 2.48. The van der Waals surface area contributed by atoms with Crippen molar-refractivity contribution in [2.45, 2.75) is 9.79 Å². The van der Waals surface area contributed by atoms with Crippen molar-refractivity contribution in [2.75, 3.05) is 17.6 Å². The molecule has 5 nitrogen and oxygen atoms in total. The van der Waals surface area contributed by atoms with Gasteiger partial charge in [0, 0.05) is 19.4 Å². The maximum Gasteiger partial charge on any atom is 0.264 e. The molecule has 9 heteroatoms. The monoisotopic (exact) mass is 361 g/mol. The van der Waals surface area contributed by atoms with E-state index in [1.54, 1.807) is 0 Å². The van der Waals surface area contributed by atoms with E-state index in [-0.39, 0.29) is 15.5 Å². The van der Waals surface area contributed by atoms with Crippen molar-refractivity contribution in [2.24, 2.45) is 0 Å². The Hall–Kier alpha value is -2.00. The summed E-state index contributed by atoms with van der Waals surface area (Å²) >= 11 is 0. The van der Waals surface area contributed by atoms with E-state index in [9.17, 15) is 25.6 Å². The lowest BCUT2D eigenvalue weighted by Gasteiger charge is -2.20. The van der Waals surface area contributed by atoms with Crippen LogP contribution in [0.5, 0.6) is 0 Å². The van der Waals surface area contributed by atoms with E-state index in [0.29, 0.717) is 0 Å². The first-order chi connectivity index (χ1) is 10.5. The molecule has 0 saturated carbocycles. The Morgan fingerprint density at radius 1 is 0.870 bits per heavy atom. The molecule has 2 aromatic rings. The van der Waals surface area contributed by atoms with Crippen LogP contribution in [-0.4, -0.2) is 30.1 Å². The number of sulfonamides is 1. The second-order valence-corrected chi connectivity index (χ2v) is 8.80. The van der Waals surface area contributed by atoms with Crippen LogP contribution in [0.4, 0.5) is 14.5 Å². The molecule has 0 N–H and O–H groups in total. The number of anilines is 1. The van der Waals surface area contributed by atoms with E-state index in [4.69, 9.17) is 0 Å². The topological polar surface area (TPSA) is 71.5 Å². The molecule has 0 heterocycles. The van der Waals surface area contributed by atoms with E-state index in [1.807, 2.05) is 0 Å². The van der Waals surface area contributed by atoms with Crippen LogP contribution in [0.15, 0.2) is 52.3 Å². The molecular weight excluding hydrogens is 348 g/mol. The van der Waals surface area contributed by atoms with Crippen LogP contribution in [0.2, 0.25) is 0 Å². The van der Waals surface area contributed by atoms with Crippen molar-refractivity contribution < 1.29 is 25.6 Å². The van der Waals surface area contributed by atoms with Crippen molar-refractivity contribution >= 4 is 25.5 Å². The SMILES string of the molecule is CN(c1ccc(F)c(F)c1)S(=O)(=O)c1cccc(S(C)(=O)=O)c1. The minimum atomic E-state index is -4.12. The summed E-state index contributed by atoms with van der Waals surface area (Å²) in [6, 6.07) is 7.46. The van der Waals surface area contributed by atoms with Crippen molar-refractivity contribution in [3.8, 4) is 0 Å². The summed E-state index contributed by atoms with van der Waals surface area (Å²) in [5.74, 6) is -2.28. The fourth-order valence-corrected chi connectivity index (χ4v) is 3.82. The van der Waals surface area contributed by atoms with Crippen LogP contribution in [0.25, 0.3) is 0 Å². The molecule has 0 fully saturated rings. The van der Waals surface area contributed by atoms with Gasteiger partial charge in [-0.2, -0.15) is 0 Å². The molecule has 0 aliphatic carbocycles. The lowest BCUT2D eigenvalue weighted by molar-refractivity contribution is 0.509. The highest BCUT2D eigenvalue weighted by Crippen LogP contribution is 2.25. The second kappa shape index (κ2) is 5.89. The van der Waals surface area contributed by atoms with Crippen LogP contribution in [0.3, 0.4) is 0 Å². The molecule has 0 aromatic heterocycles. The predicted octanol–water partition coefficient (Wildman–Crippen LogP) is 2.19. The molecule has 0 unspecified atom stereocenters. The van der Waals surface area contributed by atoms with Crippen LogP contribution >= 0.6 is 0 Å². The Balaban J connectivity index is 2.51. The highest BCUT2D eigenvalue weighted by atomic mass is 32.2. The maximum atomic E-state index is 13.3. The number of hydrogen-bond acceptors (Lipinski definition) is 4. The minimum absolute atomic E-state index is 0.0892. The fourth-order valence-electron chi connectivity index (χ4n) is 1.84. The molecule has 0 radical (unpaired) electrons. The van der Waals surface area contributed by atoms with Gasteiger partial charge in [-0.25, -0.2) is 25.6 Å². The third kappa shape index (κ3) is 3.50. The van der Waals surface area contributed by atoms with Crippen molar-refractivity contribution in [3.63, 3.8) is 0 Å². The van der Waals surface area contributed by atoms with Crippen LogP contribution in [-0.2, 0) is 19.9 Å².